The fraction of sp³-hybridized carbons (Fsp3) is 0.481. The summed E-state index contributed by atoms with van der Waals surface area (Å²) < 4.78 is 74.0. The molecule has 2 aromatic carbocycles. The van der Waals surface area contributed by atoms with E-state index in [0.717, 1.165) is 37.9 Å². The number of hydrogen-bond donors (Lipinski definition) is 3. The molecule has 0 unspecified atom stereocenters. The summed E-state index contributed by atoms with van der Waals surface area (Å²) >= 11 is 0. The van der Waals surface area contributed by atoms with Gasteiger partial charge in [0.15, 0.2) is 0 Å². The highest BCUT2D eigenvalue weighted by Gasteiger charge is 2.38. The molecule has 9 nitrogen and oxygen atoms in total. The number of halogens is 4. The van der Waals surface area contributed by atoms with E-state index in [4.69, 9.17) is 9.90 Å². The third-order valence-electron chi connectivity index (χ3n) is 5.76. The predicted molar refractivity (Wildman–Crippen MR) is 148 cm³/mol. The first-order valence-corrected chi connectivity index (χ1v) is 14.5. The molecule has 0 saturated carbocycles. The van der Waals surface area contributed by atoms with E-state index in [-0.39, 0.29) is 23.4 Å². The van der Waals surface area contributed by atoms with Gasteiger partial charge in [0.05, 0.1) is 5.56 Å². The van der Waals surface area contributed by atoms with Crippen molar-refractivity contribution in [3.63, 3.8) is 0 Å². The fourth-order valence-corrected chi connectivity index (χ4v) is 5.25. The number of rotatable bonds is 9. The summed E-state index contributed by atoms with van der Waals surface area (Å²) in [4.78, 5) is 26.2. The number of benzene rings is 2. The highest BCUT2D eigenvalue weighted by Crippen LogP contribution is 2.29. The lowest BCUT2D eigenvalue weighted by Gasteiger charge is -2.33. The average Bonchev–Trinajstić information content (AvgIpc) is 2.87. The van der Waals surface area contributed by atoms with Crippen LogP contribution in [0.5, 0.6) is 0 Å². The van der Waals surface area contributed by atoms with Crippen LogP contribution in [0.1, 0.15) is 38.1 Å². The minimum atomic E-state index is -5.08. The van der Waals surface area contributed by atoms with Gasteiger partial charge in [-0.2, -0.15) is 13.2 Å². The smallest absolute Gasteiger partial charge is 0.475 e. The van der Waals surface area contributed by atoms with Gasteiger partial charge in [-0.3, -0.25) is 9.52 Å². The molecule has 1 heterocycles. The summed E-state index contributed by atoms with van der Waals surface area (Å²) in [7, 11) is -4.16. The van der Waals surface area contributed by atoms with Gasteiger partial charge in [0.25, 0.3) is 15.9 Å². The topological polar surface area (TPSA) is 119 Å². The van der Waals surface area contributed by atoms with Crippen molar-refractivity contribution in [2.45, 2.75) is 38.8 Å². The van der Waals surface area contributed by atoms with Crippen molar-refractivity contribution in [3.05, 3.63) is 53.8 Å². The summed E-state index contributed by atoms with van der Waals surface area (Å²) in [5.41, 5.74) is 1.44. The molecule has 3 rings (SSSR count). The highest BCUT2D eigenvalue weighted by atomic mass is 32.2. The minimum Gasteiger partial charge on any atom is -0.475 e. The Morgan fingerprint density at radius 3 is 2.05 bits per heavy atom. The number of amides is 1. The van der Waals surface area contributed by atoms with Crippen molar-refractivity contribution in [2.75, 3.05) is 48.9 Å². The lowest BCUT2D eigenvalue weighted by Crippen LogP contribution is -2.45. The largest absolute Gasteiger partial charge is 0.490 e. The molecule has 2 aromatic rings. The van der Waals surface area contributed by atoms with Gasteiger partial charge in [-0.1, -0.05) is 39.8 Å². The number of anilines is 2. The number of hydrogen-bond acceptors (Lipinski definition) is 6. The van der Waals surface area contributed by atoms with E-state index >= 15 is 0 Å². The normalized spacial score (nSPS) is 14.0. The van der Waals surface area contributed by atoms with Crippen molar-refractivity contribution < 1.29 is 40.7 Å². The van der Waals surface area contributed by atoms with E-state index in [0.29, 0.717) is 18.7 Å². The Morgan fingerprint density at radius 1 is 1.02 bits per heavy atom. The SMILES string of the molecule is CC(C)CN(CC(C)C)C(=O)c1cc(NS(=O)(=O)c2ccccc2F)ccc1N1CCNCC1.O=C(O)C(F)(F)F. The van der Waals surface area contributed by atoms with E-state index in [1.165, 1.54) is 18.2 Å². The molecule has 0 radical (unpaired) electrons. The van der Waals surface area contributed by atoms with E-state index in [1.54, 1.807) is 18.2 Å². The van der Waals surface area contributed by atoms with E-state index in [2.05, 4.69) is 42.6 Å². The van der Waals surface area contributed by atoms with Crippen molar-refractivity contribution >= 4 is 33.3 Å². The number of carboxylic acids is 1. The standard InChI is InChI=1S/C25H35FN4O3S.C2HF3O2/c1-18(2)16-30(17-19(3)4)25(31)21-15-20(9-10-23(21)29-13-11-27-12-14-29)28-34(32,33)24-8-6-5-7-22(24)26;3-2(4,5)1(6)7/h5-10,15,18-19,27-28H,11-14,16-17H2,1-4H3;(H,6,7). The average molecular weight is 605 g/mol. The van der Waals surface area contributed by atoms with Crippen molar-refractivity contribution in [1.82, 2.24) is 10.2 Å². The number of alkyl halides is 3. The molecule has 14 heteroatoms. The first-order valence-electron chi connectivity index (χ1n) is 13.0. The maximum absolute atomic E-state index is 14.2. The Bertz CT molecular complexity index is 1290. The molecule has 0 aromatic heterocycles. The molecule has 228 valence electrons. The van der Waals surface area contributed by atoms with Crippen molar-refractivity contribution in [1.29, 1.82) is 0 Å². The van der Waals surface area contributed by atoms with E-state index in [1.807, 2.05) is 4.90 Å². The second kappa shape index (κ2) is 14.5. The van der Waals surface area contributed by atoms with Crippen molar-refractivity contribution in [2.24, 2.45) is 11.8 Å². The zero-order valence-electron chi connectivity index (χ0n) is 23.3. The van der Waals surface area contributed by atoms with Gasteiger partial charge in [-0.25, -0.2) is 17.6 Å². The molecule has 0 bridgehead atoms. The monoisotopic (exact) mass is 604 g/mol. The summed E-state index contributed by atoms with van der Waals surface area (Å²) in [5.74, 6) is -3.15. The number of carbonyl (C=O) groups excluding carboxylic acids is 1. The number of piperazine rings is 1. The number of aliphatic carboxylic acids is 1. The molecule has 1 aliphatic rings. The maximum Gasteiger partial charge on any atom is 0.490 e. The molecular formula is C27H36F4N4O5S. The van der Waals surface area contributed by atoms with Crippen LogP contribution in [0.4, 0.5) is 28.9 Å². The van der Waals surface area contributed by atoms with E-state index < -0.39 is 32.9 Å². The molecule has 41 heavy (non-hydrogen) atoms. The molecule has 1 amide bonds. The van der Waals surface area contributed by atoms with Crippen LogP contribution in [0.25, 0.3) is 0 Å². The van der Waals surface area contributed by atoms with Crippen LogP contribution in [0.3, 0.4) is 0 Å². The van der Waals surface area contributed by atoms with Crippen LogP contribution in [-0.2, 0) is 14.8 Å². The van der Waals surface area contributed by atoms with Crippen LogP contribution in [0.15, 0.2) is 47.4 Å². The van der Waals surface area contributed by atoms with Gasteiger partial charge < -0.3 is 20.2 Å². The molecule has 0 aliphatic carbocycles. The predicted octanol–water partition coefficient (Wildman–Crippen LogP) is 4.42. The number of carbonyl (C=O) groups is 2. The van der Waals surface area contributed by atoms with Crippen LogP contribution in [0, 0.1) is 17.7 Å². The number of sulfonamides is 1. The molecule has 0 atom stereocenters. The molecule has 3 N–H and O–H groups in total. The lowest BCUT2D eigenvalue weighted by molar-refractivity contribution is -0.192. The van der Waals surface area contributed by atoms with Gasteiger partial charge in [-0.05, 0) is 42.2 Å². The second-order valence-corrected chi connectivity index (χ2v) is 12.0. The maximum atomic E-state index is 14.2. The Balaban J connectivity index is 0.000000745. The highest BCUT2D eigenvalue weighted by molar-refractivity contribution is 7.92. The molecule has 0 spiro atoms. The molecule has 1 saturated heterocycles. The van der Waals surface area contributed by atoms with Gasteiger partial charge in [0, 0.05) is 50.6 Å². The van der Waals surface area contributed by atoms with E-state index in [9.17, 15) is 30.8 Å². The number of nitrogens with zero attached hydrogens (tertiary/aromatic N) is 2. The Kier molecular flexibility index (Phi) is 11.9. The quantitative estimate of drug-likeness (QED) is 0.363. The molecular weight excluding hydrogens is 568 g/mol. The van der Waals surface area contributed by atoms with Gasteiger partial charge >= 0.3 is 12.1 Å². The Labute approximate surface area is 237 Å². The third kappa shape index (κ3) is 10.2. The van der Waals surface area contributed by atoms with Gasteiger partial charge in [-0.15, -0.1) is 0 Å². The Hall–Kier alpha value is -3.39. The van der Waals surface area contributed by atoms with Gasteiger partial charge in [0.2, 0.25) is 0 Å². The van der Waals surface area contributed by atoms with Crippen LogP contribution in [0.2, 0.25) is 0 Å². The molecule has 1 fully saturated rings. The first kappa shape index (κ1) is 33.8. The lowest BCUT2D eigenvalue weighted by atomic mass is 10.1. The fourth-order valence-electron chi connectivity index (χ4n) is 4.12. The Morgan fingerprint density at radius 2 is 1.56 bits per heavy atom. The zero-order chi connectivity index (χ0) is 31.0. The van der Waals surface area contributed by atoms with Crippen LogP contribution < -0.4 is 14.9 Å². The first-order chi connectivity index (χ1) is 19.0. The summed E-state index contributed by atoms with van der Waals surface area (Å²) in [6.07, 6.45) is -5.08. The molecule has 1 aliphatic heterocycles. The zero-order valence-corrected chi connectivity index (χ0v) is 24.2. The summed E-state index contributed by atoms with van der Waals surface area (Å²) in [6, 6.07) is 10.2. The third-order valence-corrected chi connectivity index (χ3v) is 7.18. The summed E-state index contributed by atoms with van der Waals surface area (Å²) in [6.45, 7) is 12.6. The van der Waals surface area contributed by atoms with Crippen LogP contribution >= 0.6 is 0 Å². The van der Waals surface area contributed by atoms with Gasteiger partial charge in [0.1, 0.15) is 10.7 Å². The van der Waals surface area contributed by atoms with Crippen molar-refractivity contribution in [3.8, 4) is 0 Å². The number of nitrogens with one attached hydrogen (secondary N) is 2. The second-order valence-electron chi connectivity index (χ2n) is 10.3. The minimum absolute atomic E-state index is 0.136. The number of carboxylic acid groups (broad SMARTS) is 1. The summed E-state index contributed by atoms with van der Waals surface area (Å²) in [5, 5.41) is 10.4. The van der Waals surface area contributed by atoms with Crippen LogP contribution in [-0.4, -0.2) is 75.7 Å².